The first-order chi connectivity index (χ1) is 8.92. The molecule has 0 aliphatic carbocycles. The van der Waals surface area contributed by atoms with Gasteiger partial charge in [-0.05, 0) is 37.0 Å². The normalized spacial score (nSPS) is 19.9. The van der Waals surface area contributed by atoms with Crippen molar-refractivity contribution in [2.75, 3.05) is 25.1 Å². The molecule has 0 radical (unpaired) electrons. The highest BCUT2D eigenvalue weighted by molar-refractivity contribution is 5.78. The number of benzene rings is 1. The van der Waals surface area contributed by atoms with Crippen molar-refractivity contribution in [3.63, 3.8) is 0 Å². The van der Waals surface area contributed by atoms with E-state index in [1.807, 2.05) is 12.1 Å². The highest BCUT2D eigenvalue weighted by Gasteiger charge is 2.13. The molecule has 1 aliphatic rings. The maximum absolute atomic E-state index is 5.48. The van der Waals surface area contributed by atoms with Crippen LogP contribution in [0.1, 0.15) is 12.8 Å². The molecule has 18 heavy (non-hydrogen) atoms. The van der Waals surface area contributed by atoms with Gasteiger partial charge in [0, 0.05) is 31.2 Å². The summed E-state index contributed by atoms with van der Waals surface area (Å²) in [7, 11) is 0. The van der Waals surface area contributed by atoms with Crippen molar-refractivity contribution in [3.05, 3.63) is 30.6 Å². The van der Waals surface area contributed by atoms with Gasteiger partial charge in [0.2, 0.25) is 0 Å². The Labute approximate surface area is 106 Å². The molecule has 1 unspecified atom stereocenters. The van der Waals surface area contributed by atoms with Crippen LogP contribution in [0.5, 0.6) is 0 Å². The summed E-state index contributed by atoms with van der Waals surface area (Å²) in [6.45, 7) is 2.76. The van der Waals surface area contributed by atoms with Crippen molar-refractivity contribution in [1.82, 2.24) is 9.97 Å². The zero-order valence-electron chi connectivity index (χ0n) is 10.3. The Hall–Kier alpha value is -1.68. The first-order valence-electron chi connectivity index (χ1n) is 6.44. The fourth-order valence-corrected chi connectivity index (χ4v) is 2.30. The van der Waals surface area contributed by atoms with Crippen LogP contribution in [0.15, 0.2) is 30.6 Å². The smallest absolute Gasteiger partial charge is 0.0907 e. The van der Waals surface area contributed by atoms with Gasteiger partial charge in [0.05, 0.1) is 17.6 Å². The van der Waals surface area contributed by atoms with Crippen LogP contribution in [0.4, 0.5) is 5.69 Å². The van der Waals surface area contributed by atoms with E-state index < -0.39 is 0 Å². The summed E-state index contributed by atoms with van der Waals surface area (Å²) in [6.07, 6.45) is 5.87. The van der Waals surface area contributed by atoms with Crippen LogP contribution in [-0.4, -0.2) is 29.7 Å². The number of nitrogens with zero attached hydrogens (tertiary/aromatic N) is 2. The van der Waals surface area contributed by atoms with Gasteiger partial charge in [-0.2, -0.15) is 0 Å². The standard InChI is InChI=1S/C14H17N3O/c1-2-11(10-18-7-1)9-17-12-3-4-13-14(8-12)16-6-5-15-13/h3-6,8,11,17H,1-2,7,9-10H2. The predicted octanol–water partition coefficient (Wildman–Crippen LogP) is 2.47. The van der Waals surface area contributed by atoms with Gasteiger partial charge in [-0.3, -0.25) is 9.97 Å². The lowest BCUT2D eigenvalue weighted by atomic mass is 10.0. The molecule has 2 heterocycles. The summed E-state index contributed by atoms with van der Waals surface area (Å²) in [5.74, 6) is 0.622. The maximum Gasteiger partial charge on any atom is 0.0907 e. The summed E-state index contributed by atoms with van der Waals surface area (Å²) < 4.78 is 5.48. The van der Waals surface area contributed by atoms with E-state index in [9.17, 15) is 0 Å². The molecule has 0 spiro atoms. The van der Waals surface area contributed by atoms with Crippen LogP contribution in [0.3, 0.4) is 0 Å². The van der Waals surface area contributed by atoms with E-state index in [2.05, 4.69) is 21.4 Å². The molecule has 1 atom stereocenters. The van der Waals surface area contributed by atoms with Gasteiger partial charge in [-0.1, -0.05) is 0 Å². The topological polar surface area (TPSA) is 47.0 Å². The third-order valence-corrected chi connectivity index (χ3v) is 3.32. The van der Waals surface area contributed by atoms with Gasteiger partial charge in [0.1, 0.15) is 0 Å². The van der Waals surface area contributed by atoms with Gasteiger partial charge in [-0.15, -0.1) is 0 Å². The molecule has 1 N–H and O–H groups in total. The van der Waals surface area contributed by atoms with Crippen molar-refractivity contribution >= 4 is 16.7 Å². The monoisotopic (exact) mass is 243 g/mol. The lowest BCUT2D eigenvalue weighted by Gasteiger charge is -2.22. The molecule has 1 fully saturated rings. The first-order valence-corrected chi connectivity index (χ1v) is 6.44. The van der Waals surface area contributed by atoms with Gasteiger partial charge < -0.3 is 10.1 Å². The number of hydrogen-bond acceptors (Lipinski definition) is 4. The zero-order chi connectivity index (χ0) is 12.2. The van der Waals surface area contributed by atoms with E-state index in [4.69, 9.17) is 4.74 Å². The Morgan fingerprint density at radius 1 is 1.22 bits per heavy atom. The molecular formula is C14H17N3O. The molecule has 2 aromatic rings. The predicted molar refractivity (Wildman–Crippen MR) is 71.6 cm³/mol. The van der Waals surface area contributed by atoms with E-state index in [-0.39, 0.29) is 0 Å². The third-order valence-electron chi connectivity index (χ3n) is 3.32. The largest absolute Gasteiger partial charge is 0.385 e. The Bertz CT molecular complexity index is 523. The molecule has 0 amide bonds. The van der Waals surface area contributed by atoms with Gasteiger partial charge in [0.15, 0.2) is 0 Å². The van der Waals surface area contributed by atoms with Crippen molar-refractivity contribution < 1.29 is 4.74 Å². The second-order valence-electron chi connectivity index (χ2n) is 4.72. The van der Waals surface area contributed by atoms with E-state index in [1.54, 1.807) is 12.4 Å². The fraction of sp³-hybridized carbons (Fsp3) is 0.429. The molecule has 3 rings (SSSR count). The number of nitrogens with one attached hydrogen (secondary N) is 1. The lowest BCUT2D eigenvalue weighted by molar-refractivity contribution is 0.0595. The van der Waals surface area contributed by atoms with Gasteiger partial charge in [0.25, 0.3) is 0 Å². The van der Waals surface area contributed by atoms with E-state index in [0.717, 1.165) is 36.5 Å². The molecular weight excluding hydrogens is 226 g/mol. The summed E-state index contributed by atoms with van der Waals surface area (Å²) in [5, 5.41) is 3.46. The molecule has 4 nitrogen and oxygen atoms in total. The molecule has 4 heteroatoms. The number of aromatic nitrogens is 2. The second kappa shape index (κ2) is 5.31. The molecule has 0 bridgehead atoms. The molecule has 1 aromatic heterocycles. The van der Waals surface area contributed by atoms with Gasteiger partial charge >= 0.3 is 0 Å². The molecule has 1 aromatic carbocycles. The number of hydrogen-bond donors (Lipinski definition) is 1. The quantitative estimate of drug-likeness (QED) is 0.899. The number of rotatable bonds is 3. The lowest BCUT2D eigenvalue weighted by Crippen LogP contribution is -2.24. The average molecular weight is 243 g/mol. The number of anilines is 1. The minimum absolute atomic E-state index is 0.622. The molecule has 1 saturated heterocycles. The van der Waals surface area contributed by atoms with Crippen LogP contribution in [0, 0.1) is 5.92 Å². The second-order valence-corrected chi connectivity index (χ2v) is 4.72. The van der Waals surface area contributed by atoms with Crippen LogP contribution >= 0.6 is 0 Å². The number of ether oxygens (including phenoxy) is 1. The number of fused-ring (bicyclic) bond motifs is 1. The minimum atomic E-state index is 0.622. The van der Waals surface area contributed by atoms with E-state index in [1.165, 1.54) is 12.8 Å². The molecule has 1 aliphatic heterocycles. The summed E-state index contributed by atoms with van der Waals surface area (Å²) in [4.78, 5) is 8.57. The molecule has 0 saturated carbocycles. The first kappa shape index (κ1) is 11.4. The van der Waals surface area contributed by atoms with Crippen LogP contribution in [0.2, 0.25) is 0 Å². The highest BCUT2D eigenvalue weighted by Crippen LogP contribution is 2.18. The SMILES string of the molecule is c1cnc2cc(NCC3CCCOC3)ccc2n1. The molecule has 94 valence electrons. The van der Waals surface area contributed by atoms with Crippen molar-refractivity contribution in [2.24, 2.45) is 5.92 Å². The summed E-state index contributed by atoms with van der Waals surface area (Å²) in [5.41, 5.74) is 2.97. The average Bonchev–Trinajstić information content (AvgIpc) is 2.46. The Morgan fingerprint density at radius 3 is 2.94 bits per heavy atom. The Balaban J connectivity index is 1.66. The third kappa shape index (κ3) is 2.59. The Morgan fingerprint density at radius 2 is 2.11 bits per heavy atom. The van der Waals surface area contributed by atoms with Crippen molar-refractivity contribution in [1.29, 1.82) is 0 Å². The summed E-state index contributed by atoms with van der Waals surface area (Å²) >= 11 is 0. The minimum Gasteiger partial charge on any atom is -0.385 e. The zero-order valence-corrected chi connectivity index (χ0v) is 10.3. The van der Waals surface area contributed by atoms with Crippen molar-refractivity contribution in [3.8, 4) is 0 Å². The summed E-state index contributed by atoms with van der Waals surface area (Å²) in [6, 6.07) is 6.11. The Kier molecular flexibility index (Phi) is 3.37. The van der Waals surface area contributed by atoms with E-state index >= 15 is 0 Å². The van der Waals surface area contributed by atoms with Crippen LogP contribution in [0.25, 0.3) is 11.0 Å². The highest BCUT2D eigenvalue weighted by atomic mass is 16.5. The van der Waals surface area contributed by atoms with Crippen LogP contribution in [-0.2, 0) is 4.74 Å². The maximum atomic E-state index is 5.48. The van der Waals surface area contributed by atoms with Crippen molar-refractivity contribution in [2.45, 2.75) is 12.8 Å². The van der Waals surface area contributed by atoms with Gasteiger partial charge in [-0.25, -0.2) is 0 Å². The van der Waals surface area contributed by atoms with E-state index in [0.29, 0.717) is 5.92 Å². The fourth-order valence-electron chi connectivity index (χ4n) is 2.30. The van der Waals surface area contributed by atoms with Crippen LogP contribution < -0.4 is 5.32 Å².